The van der Waals surface area contributed by atoms with Gasteiger partial charge < -0.3 is 19.0 Å². The van der Waals surface area contributed by atoms with E-state index in [1.54, 1.807) is 0 Å². The molecule has 0 aromatic rings. The van der Waals surface area contributed by atoms with Crippen molar-refractivity contribution >= 4 is 8.32 Å². The zero-order valence-corrected chi connectivity index (χ0v) is 23.7. The van der Waals surface area contributed by atoms with Crippen LogP contribution in [-0.2, 0) is 13.9 Å². The van der Waals surface area contributed by atoms with Gasteiger partial charge in [-0.1, -0.05) is 78.1 Å². The normalized spacial score (nSPS) is 34.4. The predicted molar refractivity (Wildman–Crippen MR) is 140 cm³/mol. The van der Waals surface area contributed by atoms with E-state index in [4.69, 9.17) is 13.9 Å². The number of aliphatic hydroxyl groups excluding tert-OH is 1. The first-order valence-electron chi connectivity index (χ1n) is 14.2. The Morgan fingerprint density at radius 1 is 1.09 bits per heavy atom. The van der Waals surface area contributed by atoms with Crippen molar-refractivity contribution in [2.45, 2.75) is 128 Å². The SMILES string of the molecule is CCCCC1[C@@H]2[C@@H](C#C[C@H](CC3CCCC3)O[Si](C)(C)C(C)(C)C)[C@H](O)CC[C@@H]2C12OCCO2. The van der Waals surface area contributed by atoms with Crippen LogP contribution in [0.25, 0.3) is 0 Å². The van der Waals surface area contributed by atoms with E-state index in [1.807, 2.05) is 0 Å². The molecule has 1 spiro atoms. The summed E-state index contributed by atoms with van der Waals surface area (Å²) in [6, 6.07) is 0. The van der Waals surface area contributed by atoms with Crippen molar-refractivity contribution in [1.29, 1.82) is 0 Å². The lowest BCUT2D eigenvalue weighted by molar-refractivity contribution is -0.341. The first kappa shape index (κ1) is 26.7. The minimum Gasteiger partial charge on any atom is -0.403 e. The van der Waals surface area contributed by atoms with Crippen molar-refractivity contribution in [3.8, 4) is 11.8 Å². The zero-order valence-electron chi connectivity index (χ0n) is 22.7. The number of aliphatic hydroxyl groups is 1. The van der Waals surface area contributed by atoms with Crippen LogP contribution in [0.15, 0.2) is 0 Å². The summed E-state index contributed by atoms with van der Waals surface area (Å²) in [4.78, 5) is 0. The fraction of sp³-hybridized carbons (Fsp3) is 0.931. The number of ether oxygens (including phenoxy) is 2. The average molecular weight is 491 g/mol. The summed E-state index contributed by atoms with van der Waals surface area (Å²) in [6.45, 7) is 15.3. The topological polar surface area (TPSA) is 47.9 Å². The second-order valence-corrected chi connectivity index (χ2v) is 17.8. The van der Waals surface area contributed by atoms with E-state index in [0.29, 0.717) is 31.0 Å². The Bertz CT molecular complexity index is 735. The minimum atomic E-state index is -1.92. The molecule has 0 amide bonds. The Morgan fingerprint density at radius 3 is 2.38 bits per heavy atom. The Hall–Kier alpha value is -0.383. The molecule has 1 unspecified atom stereocenters. The maximum Gasteiger partial charge on any atom is 0.193 e. The fourth-order valence-electron chi connectivity index (χ4n) is 6.94. The molecule has 5 heteroatoms. The Balaban J connectivity index is 1.56. The predicted octanol–water partition coefficient (Wildman–Crippen LogP) is 6.53. The molecule has 3 saturated carbocycles. The van der Waals surface area contributed by atoms with Gasteiger partial charge in [0.25, 0.3) is 0 Å². The van der Waals surface area contributed by atoms with E-state index < -0.39 is 14.1 Å². The zero-order chi connectivity index (χ0) is 24.6. The van der Waals surface area contributed by atoms with Gasteiger partial charge >= 0.3 is 0 Å². The van der Waals surface area contributed by atoms with Crippen LogP contribution in [0.3, 0.4) is 0 Å². The lowest BCUT2D eigenvalue weighted by atomic mass is 9.49. The van der Waals surface area contributed by atoms with Crippen molar-refractivity contribution in [1.82, 2.24) is 0 Å². The summed E-state index contributed by atoms with van der Waals surface area (Å²) in [5, 5.41) is 11.3. The van der Waals surface area contributed by atoms with Gasteiger partial charge in [0.15, 0.2) is 14.1 Å². The maximum atomic E-state index is 11.1. The van der Waals surface area contributed by atoms with Crippen LogP contribution in [0, 0.1) is 41.4 Å². The standard InChI is InChI=1S/C29H50O4Si/c1-7-8-13-24-27-23(26(30)17-16-25(27)29(24)31-18-19-32-29)15-14-22(20-21-11-9-10-12-21)33-34(5,6)28(2,3)4/h21-27,30H,7-13,16-20H2,1-6H3/t22-,23+,24?,25+,26-,27+/m1/s1. The minimum absolute atomic E-state index is 0.00752. The molecule has 0 aromatic heterocycles. The van der Waals surface area contributed by atoms with Gasteiger partial charge in [-0.05, 0) is 55.7 Å². The molecule has 4 aliphatic rings. The number of hydrogen-bond donors (Lipinski definition) is 1. The molecule has 0 radical (unpaired) electrons. The van der Waals surface area contributed by atoms with Crippen LogP contribution in [-0.4, -0.2) is 44.6 Å². The summed E-state index contributed by atoms with van der Waals surface area (Å²) >= 11 is 0. The molecule has 34 heavy (non-hydrogen) atoms. The highest BCUT2D eigenvalue weighted by molar-refractivity contribution is 6.74. The van der Waals surface area contributed by atoms with E-state index in [2.05, 4.69) is 52.6 Å². The second kappa shape index (κ2) is 10.5. The molecule has 0 aromatic carbocycles. The van der Waals surface area contributed by atoms with Crippen molar-refractivity contribution in [2.75, 3.05) is 13.2 Å². The average Bonchev–Trinajstić information content (AvgIpc) is 3.45. The van der Waals surface area contributed by atoms with Crippen molar-refractivity contribution in [3.63, 3.8) is 0 Å². The third kappa shape index (κ3) is 5.18. The lowest BCUT2D eigenvalue weighted by Crippen LogP contribution is -2.67. The Labute approximate surface area is 210 Å². The largest absolute Gasteiger partial charge is 0.403 e. The monoisotopic (exact) mass is 490 g/mol. The van der Waals surface area contributed by atoms with E-state index in [1.165, 1.54) is 38.5 Å². The molecule has 1 aliphatic heterocycles. The first-order chi connectivity index (χ1) is 16.1. The molecule has 4 rings (SSSR count). The van der Waals surface area contributed by atoms with Gasteiger partial charge in [0.2, 0.25) is 0 Å². The summed E-state index contributed by atoms with van der Waals surface area (Å²) in [6.07, 6.45) is 11.2. The summed E-state index contributed by atoms with van der Waals surface area (Å²) < 4.78 is 19.5. The van der Waals surface area contributed by atoms with E-state index in [9.17, 15) is 5.11 Å². The van der Waals surface area contributed by atoms with Gasteiger partial charge in [-0.3, -0.25) is 0 Å². The van der Waals surface area contributed by atoms with Gasteiger partial charge in [0, 0.05) is 11.8 Å². The third-order valence-corrected chi connectivity index (χ3v) is 14.3. The molecule has 4 fully saturated rings. The van der Waals surface area contributed by atoms with Crippen LogP contribution in [0.1, 0.15) is 91.9 Å². The van der Waals surface area contributed by atoms with Crippen LogP contribution < -0.4 is 0 Å². The third-order valence-electron chi connectivity index (χ3n) is 9.85. The molecule has 194 valence electrons. The smallest absolute Gasteiger partial charge is 0.193 e. The fourth-order valence-corrected chi connectivity index (χ4v) is 8.16. The molecular weight excluding hydrogens is 440 g/mol. The molecule has 4 nitrogen and oxygen atoms in total. The number of rotatable bonds is 7. The number of unbranched alkanes of at least 4 members (excludes halogenated alkanes) is 1. The van der Waals surface area contributed by atoms with Crippen LogP contribution in [0.4, 0.5) is 0 Å². The first-order valence-corrected chi connectivity index (χ1v) is 17.1. The summed E-state index contributed by atoms with van der Waals surface area (Å²) in [5.41, 5.74) is 0. The van der Waals surface area contributed by atoms with E-state index in [0.717, 1.165) is 31.6 Å². The van der Waals surface area contributed by atoms with Gasteiger partial charge in [-0.15, -0.1) is 0 Å². The highest BCUT2D eigenvalue weighted by Crippen LogP contribution is 2.63. The molecule has 3 aliphatic carbocycles. The van der Waals surface area contributed by atoms with Gasteiger partial charge in [0.1, 0.15) is 6.10 Å². The van der Waals surface area contributed by atoms with Crippen LogP contribution in [0.2, 0.25) is 18.1 Å². The van der Waals surface area contributed by atoms with Crippen molar-refractivity contribution in [2.24, 2.45) is 29.6 Å². The highest BCUT2D eigenvalue weighted by Gasteiger charge is 2.68. The van der Waals surface area contributed by atoms with Crippen molar-refractivity contribution < 1.29 is 19.0 Å². The van der Waals surface area contributed by atoms with Gasteiger partial charge in [0.05, 0.1) is 25.2 Å². The maximum absolute atomic E-state index is 11.1. The quantitative estimate of drug-likeness (QED) is 0.326. The molecule has 1 saturated heterocycles. The number of fused-ring (bicyclic) bond motifs is 2. The molecule has 6 atom stereocenters. The lowest BCUT2D eigenvalue weighted by Gasteiger charge is -2.62. The highest BCUT2D eigenvalue weighted by atomic mass is 28.4. The molecule has 0 bridgehead atoms. The second-order valence-electron chi connectivity index (χ2n) is 13.1. The summed E-state index contributed by atoms with van der Waals surface area (Å²) in [7, 11) is -1.92. The van der Waals surface area contributed by atoms with Gasteiger partial charge in [-0.2, -0.15) is 0 Å². The molecular formula is C29H50O4Si. The Kier molecular flexibility index (Phi) is 8.27. The Morgan fingerprint density at radius 2 is 1.76 bits per heavy atom. The van der Waals surface area contributed by atoms with E-state index >= 15 is 0 Å². The molecule has 1 heterocycles. The van der Waals surface area contributed by atoms with Gasteiger partial charge in [-0.25, -0.2) is 0 Å². The summed E-state index contributed by atoms with van der Waals surface area (Å²) in [5.74, 6) is 8.72. The van der Waals surface area contributed by atoms with Crippen LogP contribution >= 0.6 is 0 Å². The van der Waals surface area contributed by atoms with E-state index in [-0.39, 0.29) is 23.2 Å². The van der Waals surface area contributed by atoms with Crippen LogP contribution in [0.5, 0.6) is 0 Å². The molecule has 1 N–H and O–H groups in total. The van der Waals surface area contributed by atoms with Crippen molar-refractivity contribution in [3.05, 3.63) is 0 Å². The number of hydrogen-bond acceptors (Lipinski definition) is 4.